The van der Waals surface area contributed by atoms with Crippen LogP contribution >= 0.6 is 12.6 Å². The summed E-state index contributed by atoms with van der Waals surface area (Å²) in [5, 5.41) is -0.0182. The van der Waals surface area contributed by atoms with E-state index in [0.717, 1.165) is 12.8 Å². The van der Waals surface area contributed by atoms with Gasteiger partial charge in [-0.15, -0.1) is 0 Å². The van der Waals surface area contributed by atoms with Gasteiger partial charge in [0.1, 0.15) is 0 Å². The summed E-state index contributed by atoms with van der Waals surface area (Å²) in [5.41, 5.74) is 11.5. The molecule has 3 atom stereocenters. The van der Waals surface area contributed by atoms with Gasteiger partial charge in [-0.1, -0.05) is 12.8 Å². The molecule has 0 spiro atoms. The van der Waals surface area contributed by atoms with Crippen molar-refractivity contribution in [3.05, 3.63) is 0 Å². The molecule has 0 radical (unpaired) electrons. The van der Waals surface area contributed by atoms with E-state index in [-0.39, 0.29) is 5.37 Å². The van der Waals surface area contributed by atoms with Crippen molar-refractivity contribution in [2.75, 3.05) is 0 Å². The highest BCUT2D eigenvalue weighted by molar-refractivity contribution is 7.80. The SMILES string of the molecule is NC(S)C1CCCCC1N. The summed E-state index contributed by atoms with van der Waals surface area (Å²) in [7, 11) is 0. The Balaban J connectivity index is 2.40. The molecule has 4 N–H and O–H groups in total. The van der Waals surface area contributed by atoms with Crippen LogP contribution in [0, 0.1) is 5.92 Å². The summed E-state index contributed by atoms with van der Waals surface area (Å²) in [5.74, 6) is 0.442. The van der Waals surface area contributed by atoms with Gasteiger partial charge in [-0.3, -0.25) is 0 Å². The summed E-state index contributed by atoms with van der Waals surface area (Å²) in [6, 6.07) is 0.293. The first kappa shape index (κ1) is 8.37. The molecule has 1 aliphatic carbocycles. The standard InChI is InChI=1S/C7H16N2S/c8-6-4-2-1-3-5(6)7(9)10/h5-7,10H,1-4,8-9H2. The van der Waals surface area contributed by atoms with E-state index >= 15 is 0 Å². The number of rotatable bonds is 1. The molecule has 0 bridgehead atoms. The lowest BCUT2D eigenvalue weighted by Crippen LogP contribution is -2.41. The van der Waals surface area contributed by atoms with Crippen molar-refractivity contribution in [1.82, 2.24) is 0 Å². The normalized spacial score (nSPS) is 37.5. The van der Waals surface area contributed by atoms with Crippen LogP contribution in [0.5, 0.6) is 0 Å². The fraction of sp³-hybridized carbons (Fsp3) is 1.00. The maximum absolute atomic E-state index is 5.85. The van der Waals surface area contributed by atoms with Gasteiger partial charge in [-0.25, -0.2) is 0 Å². The second-order valence-corrected chi connectivity index (χ2v) is 3.70. The third kappa shape index (κ3) is 1.87. The Labute approximate surface area is 67.8 Å². The van der Waals surface area contributed by atoms with Crippen molar-refractivity contribution in [2.24, 2.45) is 17.4 Å². The monoisotopic (exact) mass is 160 g/mol. The lowest BCUT2D eigenvalue weighted by Gasteiger charge is -2.30. The molecule has 2 nitrogen and oxygen atoms in total. The molecule has 0 aromatic carbocycles. The van der Waals surface area contributed by atoms with Gasteiger partial charge in [0, 0.05) is 6.04 Å². The molecule has 1 aliphatic rings. The van der Waals surface area contributed by atoms with Crippen LogP contribution in [0.15, 0.2) is 0 Å². The lowest BCUT2D eigenvalue weighted by atomic mass is 9.85. The summed E-state index contributed by atoms with van der Waals surface area (Å²) in [6.07, 6.45) is 4.82. The average molecular weight is 160 g/mol. The summed E-state index contributed by atoms with van der Waals surface area (Å²) < 4.78 is 0. The highest BCUT2D eigenvalue weighted by Crippen LogP contribution is 2.25. The molecule has 0 heterocycles. The quantitative estimate of drug-likeness (QED) is 0.391. The van der Waals surface area contributed by atoms with Gasteiger partial charge in [0.25, 0.3) is 0 Å². The molecule has 1 fully saturated rings. The van der Waals surface area contributed by atoms with E-state index in [1.165, 1.54) is 12.8 Å². The minimum Gasteiger partial charge on any atom is -0.327 e. The summed E-state index contributed by atoms with van der Waals surface area (Å²) in [4.78, 5) is 0. The predicted molar refractivity (Wildman–Crippen MR) is 46.9 cm³/mol. The molecule has 0 aromatic rings. The van der Waals surface area contributed by atoms with Gasteiger partial charge in [-0.2, -0.15) is 12.6 Å². The molecule has 10 heavy (non-hydrogen) atoms. The zero-order valence-electron chi connectivity index (χ0n) is 6.16. The maximum Gasteiger partial charge on any atom is 0.0520 e. The predicted octanol–water partition coefficient (Wildman–Crippen LogP) is 0.718. The minimum absolute atomic E-state index is 0.0182. The highest BCUT2D eigenvalue weighted by atomic mass is 32.1. The van der Waals surface area contributed by atoms with E-state index in [2.05, 4.69) is 12.6 Å². The van der Waals surface area contributed by atoms with Crippen molar-refractivity contribution < 1.29 is 0 Å². The van der Waals surface area contributed by atoms with E-state index in [1.807, 2.05) is 0 Å². The fourth-order valence-electron chi connectivity index (χ4n) is 1.61. The zero-order valence-corrected chi connectivity index (χ0v) is 7.06. The third-order valence-corrected chi connectivity index (χ3v) is 2.70. The van der Waals surface area contributed by atoms with Crippen molar-refractivity contribution in [1.29, 1.82) is 0 Å². The second-order valence-electron chi connectivity index (χ2n) is 3.10. The van der Waals surface area contributed by atoms with E-state index in [0.29, 0.717) is 12.0 Å². The molecule has 0 amide bonds. The molecule has 3 unspecified atom stereocenters. The van der Waals surface area contributed by atoms with Crippen LogP contribution in [-0.2, 0) is 0 Å². The minimum atomic E-state index is -0.0182. The van der Waals surface area contributed by atoms with Crippen LogP contribution in [0.2, 0.25) is 0 Å². The summed E-state index contributed by atoms with van der Waals surface area (Å²) >= 11 is 4.20. The smallest absolute Gasteiger partial charge is 0.0520 e. The van der Waals surface area contributed by atoms with Crippen LogP contribution in [0.3, 0.4) is 0 Å². The maximum atomic E-state index is 5.85. The first-order valence-corrected chi connectivity index (χ1v) is 4.42. The molecule has 60 valence electrons. The molecule has 1 rings (SSSR count). The zero-order chi connectivity index (χ0) is 7.56. The Morgan fingerprint density at radius 3 is 2.30 bits per heavy atom. The second kappa shape index (κ2) is 3.60. The largest absolute Gasteiger partial charge is 0.327 e. The van der Waals surface area contributed by atoms with E-state index in [9.17, 15) is 0 Å². The van der Waals surface area contributed by atoms with Gasteiger partial charge in [0.2, 0.25) is 0 Å². The van der Waals surface area contributed by atoms with Crippen molar-refractivity contribution in [3.63, 3.8) is 0 Å². The van der Waals surface area contributed by atoms with Crippen molar-refractivity contribution >= 4 is 12.6 Å². The van der Waals surface area contributed by atoms with Gasteiger partial charge in [-0.05, 0) is 18.8 Å². The van der Waals surface area contributed by atoms with Crippen LogP contribution in [0.1, 0.15) is 25.7 Å². The molecule has 0 aliphatic heterocycles. The Kier molecular flexibility index (Phi) is 3.01. The van der Waals surface area contributed by atoms with Crippen LogP contribution in [-0.4, -0.2) is 11.4 Å². The molecule has 1 saturated carbocycles. The average Bonchev–Trinajstić information content (AvgIpc) is 1.88. The van der Waals surface area contributed by atoms with E-state index in [1.54, 1.807) is 0 Å². The van der Waals surface area contributed by atoms with E-state index in [4.69, 9.17) is 11.5 Å². The van der Waals surface area contributed by atoms with Crippen LogP contribution in [0.25, 0.3) is 0 Å². The number of hydrogen-bond acceptors (Lipinski definition) is 3. The first-order valence-electron chi connectivity index (χ1n) is 3.91. The topological polar surface area (TPSA) is 52.0 Å². The Bertz CT molecular complexity index is 106. The first-order chi connectivity index (χ1) is 4.72. The summed E-state index contributed by atoms with van der Waals surface area (Å²) in [6.45, 7) is 0. The Morgan fingerprint density at radius 1 is 1.30 bits per heavy atom. The van der Waals surface area contributed by atoms with Gasteiger partial charge in [0.05, 0.1) is 5.37 Å². The van der Waals surface area contributed by atoms with Crippen molar-refractivity contribution in [2.45, 2.75) is 37.1 Å². The van der Waals surface area contributed by atoms with Gasteiger partial charge in [0.15, 0.2) is 0 Å². The Hall–Kier alpha value is 0.270. The number of hydrogen-bond donors (Lipinski definition) is 3. The van der Waals surface area contributed by atoms with Crippen molar-refractivity contribution in [3.8, 4) is 0 Å². The number of thiol groups is 1. The third-order valence-electron chi connectivity index (χ3n) is 2.31. The van der Waals surface area contributed by atoms with Crippen LogP contribution < -0.4 is 11.5 Å². The molecule has 0 saturated heterocycles. The molecular weight excluding hydrogens is 144 g/mol. The molecule has 3 heteroatoms. The van der Waals surface area contributed by atoms with Gasteiger partial charge >= 0.3 is 0 Å². The van der Waals surface area contributed by atoms with Gasteiger partial charge < -0.3 is 11.5 Å². The van der Waals surface area contributed by atoms with E-state index < -0.39 is 0 Å². The lowest BCUT2D eigenvalue weighted by molar-refractivity contribution is 0.303. The molecule has 0 aromatic heterocycles. The molecular formula is C7H16N2S. The van der Waals surface area contributed by atoms with Crippen LogP contribution in [0.4, 0.5) is 0 Å². The fourth-order valence-corrected chi connectivity index (χ4v) is 1.98. The number of nitrogens with two attached hydrogens (primary N) is 2. The Morgan fingerprint density at radius 2 is 1.90 bits per heavy atom. The highest BCUT2D eigenvalue weighted by Gasteiger charge is 2.24.